The number of unbranched alkanes of at least 4 members (excludes halogenated alkanes) is 2. The molecule has 0 radical (unpaired) electrons. The maximum Gasteiger partial charge on any atom is 0.259 e. The third kappa shape index (κ3) is 5.61. The standard InChI is InChI=1S/C23H30N2O4S/c1-2-3-9-18-29-22-11-6-5-10-21(22)23(26)24-19-12-14-20(15-13-19)30(27,28)25-16-7-4-8-17-25/h5-6,10-15H,2-4,7-9,16-18H2,1H3,(H,24,26). The summed E-state index contributed by atoms with van der Waals surface area (Å²) in [6.45, 7) is 3.83. The van der Waals surface area contributed by atoms with Gasteiger partial charge in [0.1, 0.15) is 5.75 Å². The lowest BCUT2D eigenvalue weighted by Gasteiger charge is -2.25. The van der Waals surface area contributed by atoms with Crippen molar-refractivity contribution in [2.45, 2.75) is 50.3 Å². The molecule has 3 rings (SSSR count). The van der Waals surface area contributed by atoms with Gasteiger partial charge >= 0.3 is 0 Å². The molecule has 0 aliphatic carbocycles. The molecule has 1 N–H and O–H groups in total. The zero-order chi connectivity index (χ0) is 21.4. The lowest BCUT2D eigenvalue weighted by atomic mass is 10.2. The summed E-state index contributed by atoms with van der Waals surface area (Å²) in [4.78, 5) is 13.0. The van der Waals surface area contributed by atoms with Crippen molar-refractivity contribution >= 4 is 21.6 Å². The average molecular weight is 431 g/mol. The van der Waals surface area contributed by atoms with Gasteiger partial charge in [0.05, 0.1) is 17.1 Å². The number of sulfonamides is 1. The summed E-state index contributed by atoms with van der Waals surface area (Å²) in [5, 5.41) is 2.83. The Hall–Kier alpha value is -2.38. The molecule has 2 aromatic carbocycles. The predicted octanol–water partition coefficient (Wildman–Crippen LogP) is 4.68. The van der Waals surface area contributed by atoms with E-state index < -0.39 is 10.0 Å². The fourth-order valence-corrected chi connectivity index (χ4v) is 4.99. The van der Waals surface area contributed by atoms with Crippen LogP contribution >= 0.6 is 0 Å². The summed E-state index contributed by atoms with van der Waals surface area (Å²) in [7, 11) is -3.48. The molecule has 1 aliphatic heterocycles. The Balaban J connectivity index is 1.66. The van der Waals surface area contributed by atoms with E-state index in [1.54, 1.807) is 42.5 Å². The first kappa shape index (κ1) is 22.3. The van der Waals surface area contributed by atoms with E-state index in [1.807, 2.05) is 6.07 Å². The van der Waals surface area contributed by atoms with Gasteiger partial charge in [-0.1, -0.05) is 38.3 Å². The summed E-state index contributed by atoms with van der Waals surface area (Å²) in [5.41, 5.74) is 0.998. The number of carbonyl (C=O) groups excluding carboxylic acids is 1. The first-order valence-electron chi connectivity index (χ1n) is 10.7. The van der Waals surface area contributed by atoms with Gasteiger partial charge in [0.15, 0.2) is 0 Å². The molecule has 1 fully saturated rings. The molecule has 6 nitrogen and oxygen atoms in total. The second-order valence-corrected chi connectivity index (χ2v) is 9.43. The fourth-order valence-electron chi connectivity index (χ4n) is 3.48. The molecule has 0 saturated carbocycles. The van der Waals surface area contributed by atoms with Crippen LogP contribution in [-0.4, -0.2) is 38.3 Å². The van der Waals surface area contributed by atoms with Crippen molar-refractivity contribution < 1.29 is 17.9 Å². The molecule has 0 atom stereocenters. The number of piperidine rings is 1. The third-order valence-corrected chi connectivity index (χ3v) is 7.12. The smallest absolute Gasteiger partial charge is 0.259 e. The Morgan fingerprint density at radius 2 is 1.70 bits per heavy atom. The SMILES string of the molecule is CCCCCOc1ccccc1C(=O)Nc1ccc(S(=O)(=O)N2CCCCC2)cc1. The number of hydrogen-bond donors (Lipinski definition) is 1. The lowest BCUT2D eigenvalue weighted by Crippen LogP contribution is -2.35. The number of carbonyl (C=O) groups is 1. The highest BCUT2D eigenvalue weighted by Crippen LogP contribution is 2.23. The molecule has 1 heterocycles. The van der Waals surface area contributed by atoms with Gasteiger partial charge in [-0.2, -0.15) is 4.31 Å². The molecular formula is C23H30N2O4S. The quantitative estimate of drug-likeness (QED) is 0.586. The van der Waals surface area contributed by atoms with Crippen molar-refractivity contribution in [1.29, 1.82) is 0 Å². The van der Waals surface area contributed by atoms with E-state index in [0.29, 0.717) is 36.7 Å². The second kappa shape index (κ2) is 10.6. The summed E-state index contributed by atoms with van der Waals surface area (Å²) in [5.74, 6) is 0.267. The van der Waals surface area contributed by atoms with E-state index in [0.717, 1.165) is 38.5 Å². The minimum Gasteiger partial charge on any atom is -0.493 e. The Kier molecular flexibility index (Phi) is 7.87. The molecule has 0 aromatic heterocycles. The van der Waals surface area contributed by atoms with Gasteiger partial charge < -0.3 is 10.1 Å². The molecule has 7 heteroatoms. The fraction of sp³-hybridized carbons (Fsp3) is 0.435. The van der Waals surface area contributed by atoms with Crippen LogP contribution in [0, 0.1) is 0 Å². The minimum absolute atomic E-state index is 0.252. The van der Waals surface area contributed by atoms with E-state index in [-0.39, 0.29) is 10.8 Å². The molecule has 1 aliphatic rings. The maximum absolute atomic E-state index is 12.8. The molecule has 30 heavy (non-hydrogen) atoms. The van der Waals surface area contributed by atoms with Gasteiger partial charge in [0.2, 0.25) is 10.0 Å². The highest BCUT2D eigenvalue weighted by atomic mass is 32.2. The highest BCUT2D eigenvalue weighted by Gasteiger charge is 2.25. The van der Waals surface area contributed by atoms with Gasteiger partial charge in [-0.15, -0.1) is 0 Å². The monoisotopic (exact) mass is 430 g/mol. The van der Waals surface area contributed by atoms with Gasteiger partial charge in [0, 0.05) is 18.8 Å². The molecule has 0 spiro atoms. The maximum atomic E-state index is 12.8. The number of nitrogens with zero attached hydrogens (tertiary/aromatic N) is 1. The first-order chi connectivity index (χ1) is 14.5. The van der Waals surface area contributed by atoms with Crippen molar-refractivity contribution in [3.8, 4) is 5.75 Å². The number of anilines is 1. The van der Waals surface area contributed by atoms with E-state index in [4.69, 9.17) is 4.74 Å². The topological polar surface area (TPSA) is 75.7 Å². The number of amides is 1. The van der Waals surface area contributed by atoms with Crippen LogP contribution in [-0.2, 0) is 10.0 Å². The van der Waals surface area contributed by atoms with E-state index in [2.05, 4.69) is 12.2 Å². The average Bonchev–Trinajstić information content (AvgIpc) is 2.78. The zero-order valence-corrected chi connectivity index (χ0v) is 18.3. The van der Waals surface area contributed by atoms with E-state index in [1.165, 1.54) is 4.31 Å². The van der Waals surface area contributed by atoms with E-state index >= 15 is 0 Å². The van der Waals surface area contributed by atoms with Crippen molar-refractivity contribution in [2.75, 3.05) is 25.0 Å². The first-order valence-corrected chi connectivity index (χ1v) is 12.1. The van der Waals surface area contributed by atoms with Crippen LogP contribution in [0.3, 0.4) is 0 Å². The van der Waals surface area contributed by atoms with Crippen LogP contribution in [0.4, 0.5) is 5.69 Å². The Morgan fingerprint density at radius 3 is 2.40 bits per heavy atom. The number of para-hydroxylation sites is 1. The van der Waals surface area contributed by atoms with Crippen molar-refractivity contribution in [3.05, 3.63) is 54.1 Å². The van der Waals surface area contributed by atoms with Gasteiger partial charge in [-0.25, -0.2) is 8.42 Å². The summed E-state index contributed by atoms with van der Waals surface area (Å²) < 4.78 is 32.8. The van der Waals surface area contributed by atoms with E-state index in [9.17, 15) is 13.2 Å². The number of hydrogen-bond acceptors (Lipinski definition) is 4. The zero-order valence-electron chi connectivity index (χ0n) is 17.5. The Morgan fingerprint density at radius 1 is 1.00 bits per heavy atom. The van der Waals surface area contributed by atoms with Crippen LogP contribution < -0.4 is 10.1 Å². The van der Waals surface area contributed by atoms with Crippen molar-refractivity contribution in [3.63, 3.8) is 0 Å². The summed E-state index contributed by atoms with van der Waals surface area (Å²) >= 11 is 0. The summed E-state index contributed by atoms with van der Waals surface area (Å²) in [6, 6.07) is 13.5. The molecule has 2 aromatic rings. The molecular weight excluding hydrogens is 400 g/mol. The second-order valence-electron chi connectivity index (χ2n) is 7.49. The molecule has 0 unspecified atom stereocenters. The minimum atomic E-state index is -3.48. The Labute approximate surface area is 179 Å². The molecule has 0 bridgehead atoms. The Bertz CT molecular complexity index is 936. The predicted molar refractivity (Wildman–Crippen MR) is 118 cm³/mol. The highest BCUT2D eigenvalue weighted by molar-refractivity contribution is 7.89. The largest absolute Gasteiger partial charge is 0.493 e. The molecule has 1 amide bonds. The van der Waals surface area contributed by atoms with Crippen LogP contribution in [0.1, 0.15) is 55.8 Å². The van der Waals surface area contributed by atoms with Crippen LogP contribution in [0.5, 0.6) is 5.75 Å². The number of rotatable bonds is 9. The lowest BCUT2D eigenvalue weighted by molar-refractivity contribution is 0.102. The van der Waals surface area contributed by atoms with Crippen LogP contribution in [0.2, 0.25) is 0 Å². The van der Waals surface area contributed by atoms with Crippen LogP contribution in [0.15, 0.2) is 53.4 Å². The van der Waals surface area contributed by atoms with Crippen molar-refractivity contribution in [1.82, 2.24) is 4.31 Å². The van der Waals surface area contributed by atoms with Gasteiger partial charge in [-0.3, -0.25) is 4.79 Å². The summed E-state index contributed by atoms with van der Waals surface area (Å²) in [6.07, 6.45) is 6.00. The third-order valence-electron chi connectivity index (χ3n) is 5.20. The number of benzene rings is 2. The number of nitrogens with one attached hydrogen (secondary N) is 1. The van der Waals surface area contributed by atoms with Crippen LogP contribution in [0.25, 0.3) is 0 Å². The normalized spacial score (nSPS) is 15.0. The number of ether oxygens (including phenoxy) is 1. The van der Waals surface area contributed by atoms with Gasteiger partial charge in [0.25, 0.3) is 5.91 Å². The molecule has 1 saturated heterocycles. The van der Waals surface area contributed by atoms with Gasteiger partial charge in [-0.05, 0) is 55.7 Å². The van der Waals surface area contributed by atoms with Crippen molar-refractivity contribution in [2.24, 2.45) is 0 Å². The molecule has 162 valence electrons.